The van der Waals surface area contributed by atoms with Crippen LogP contribution in [0.25, 0.3) is 0 Å². The first kappa shape index (κ1) is 31.2. The van der Waals surface area contributed by atoms with E-state index in [2.05, 4.69) is 69.3 Å². The number of hydrogen-bond donors (Lipinski definition) is 2. The molecule has 0 radical (unpaired) electrons. The topological polar surface area (TPSA) is 85.2 Å². The molecule has 7 heteroatoms. The zero-order valence-corrected chi connectivity index (χ0v) is 24.5. The van der Waals surface area contributed by atoms with Crippen molar-refractivity contribution in [3.63, 3.8) is 0 Å². The Morgan fingerprint density at radius 2 is 1.32 bits per heavy atom. The monoisotopic (exact) mass is 530 g/mol. The SMILES string of the molecule is CC(C)(C)OC(=O)CCOCC(CO)(CO)CCCO[Si](c1ccccc1)(c1ccccc1)C(C)(C)C. The number of esters is 1. The smallest absolute Gasteiger partial charge is 0.308 e. The van der Waals surface area contributed by atoms with Crippen LogP contribution in [-0.2, 0) is 18.7 Å². The van der Waals surface area contributed by atoms with Crippen molar-refractivity contribution in [2.45, 2.75) is 71.4 Å². The summed E-state index contributed by atoms with van der Waals surface area (Å²) in [6.45, 7) is 12.6. The van der Waals surface area contributed by atoms with Crippen molar-refractivity contribution in [2.24, 2.45) is 5.41 Å². The van der Waals surface area contributed by atoms with E-state index in [4.69, 9.17) is 13.9 Å². The molecule has 2 N–H and O–H groups in total. The van der Waals surface area contributed by atoms with Gasteiger partial charge in [0.2, 0.25) is 0 Å². The molecule has 0 fully saturated rings. The summed E-state index contributed by atoms with van der Waals surface area (Å²) in [7, 11) is -2.64. The van der Waals surface area contributed by atoms with Crippen molar-refractivity contribution in [1.82, 2.24) is 0 Å². The second-order valence-corrected chi connectivity index (χ2v) is 16.1. The molecule has 2 rings (SSSR count). The lowest BCUT2D eigenvalue weighted by Gasteiger charge is -2.43. The third-order valence-electron chi connectivity index (χ3n) is 6.54. The van der Waals surface area contributed by atoms with Crippen LogP contribution in [0.2, 0.25) is 5.04 Å². The van der Waals surface area contributed by atoms with Crippen molar-refractivity contribution in [1.29, 1.82) is 0 Å². The van der Waals surface area contributed by atoms with Crippen molar-refractivity contribution in [3.8, 4) is 0 Å². The molecular weight excluding hydrogens is 484 g/mol. The molecule has 0 heterocycles. The van der Waals surface area contributed by atoms with Gasteiger partial charge in [-0.25, -0.2) is 0 Å². The van der Waals surface area contributed by atoms with Crippen LogP contribution in [0.1, 0.15) is 60.8 Å². The highest BCUT2D eigenvalue weighted by Gasteiger charge is 2.50. The Hall–Kier alpha value is -2.03. The third kappa shape index (κ3) is 8.75. The standard InChI is InChI=1S/C30H46O6Si/c1-28(2,3)36-27(33)18-21-34-24-30(22-31,23-32)19-13-20-35-37(29(4,5)6,25-14-9-7-10-15-25)26-16-11-8-12-17-26/h7-12,14-17,31-32H,13,18-24H2,1-6H3. The highest BCUT2D eigenvalue weighted by Crippen LogP contribution is 2.37. The van der Waals surface area contributed by atoms with Gasteiger partial charge < -0.3 is 24.1 Å². The van der Waals surface area contributed by atoms with Gasteiger partial charge in [-0.05, 0) is 49.0 Å². The number of aliphatic hydroxyl groups is 2. The molecule has 0 saturated heterocycles. The number of carbonyl (C=O) groups excluding carboxylic acids is 1. The summed E-state index contributed by atoms with van der Waals surface area (Å²) in [4.78, 5) is 11.9. The van der Waals surface area contributed by atoms with Gasteiger partial charge in [0.25, 0.3) is 8.32 Å². The molecule has 0 amide bonds. The average molecular weight is 531 g/mol. The predicted octanol–water partition coefficient (Wildman–Crippen LogP) is 4.06. The highest BCUT2D eigenvalue weighted by atomic mass is 28.4. The first-order valence-electron chi connectivity index (χ1n) is 13.2. The maximum absolute atomic E-state index is 11.9. The summed E-state index contributed by atoms with van der Waals surface area (Å²) in [6, 6.07) is 20.9. The van der Waals surface area contributed by atoms with Crippen LogP contribution in [0.4, 0.5) is 0 Å². The molecule has 2 aromatic rings. The van der Waals surface area contributed by atoms with E-state index in [1.165, 1.54) is 10.4 Å². The molecular formula is C30H46O6Si. The maximum atomic E-state index is 11.9. The number of hydrogen-bond acceptors (Lipinski definition) is 6. The second kappa shape index (κ2) is 13.7. The Morgan fingerprint density at radius 1 is 0.811 bits per heavy atom. The number of benzene rings is 2. The van der Waals surface area contributed by atoms with Gasteiger partial charge in [-0.3, -0.25) is 4.79 Å². The molecule has 206 valence electrons. The van der Waals surface area contributed by atoms with Crippen LogP contribution in [-0.4, -0.2) is 63.1 Å². The Bertz CT molecular complexity index is 891. The Balaban J connectivity index is 2.08. The largest absolute Gasteiger partial charge is 0.460 e. The lowest BCUT2D eigenvalue weighted by atomic mass is 9.86. The summed E-state index contributed by atoms with van der Waals surface area (Å²) in [5, 5.41) is 22.6. The summed E-state index contributed by atoms with van der Waals surface area (Å²) >= 11 is 0. The van der Waals surface area contributed by atoms with Gasteiger partial charge >= 0.3 is 5.97 Å². The van der Waals surface area contributed by atoms with Crippen LogP contribution in [0.3, 0.4) is 0 Å². The molecule has 0 aromatic heterocycles. The van der Waals surface area contributed by atoms with Gasteiger partial charge in [0.15, 0.2) is 0 Å². The third-order valence-corrected chi connectivity index (χ3v) is 11.6. The van der Waals surface area contributed by atoms with Gasteiger partial charge in [0.05, 0.1) is 32.8 Å². The zero-order chi connectivity index (χ0) is 27.6. The Kier molecular flexibility index (Phi) is 11.5. The molecule has 6 nitrogen and oxygen atoms in total. The summed E-state index contributed by atoms with van der Waals surface area (Å²) in [6.07, 6.45) is 1.31. The van der Waals surface area contributed by atoms with E-state index in [9.17, 15) is 15.0 Å². The Morgan fingerprint density at radius 3 is 1.76 bits per heavy atom. The zero-order valence-electron chi connectivity index (χ0n) is 23.5. The van der Waals surface area contributed by atoms with Crippen molar-refractivity contribution >= 4 is 24.7 Å². The van der Waals surface area contributed by atoms with E-state index in [-0.39, 0.29) is 43.9 Å². The minimum Gasteiger partial charge on any atom is -0.460 e. The molecule has 0 bridgehead atoms. The van der Waals surface area contributed by atoms with Crippen molar-refractivity contribution in [2.75, 3.05) is 33.0 Å². The lowest BCUT2D eigenvalue weighted by molar-refractivity contribution is -0.156. The second-order valence-electron chi connectivity index (χ2n) is 11.8. The molecule has 0 spiro atoms. The van der Waals surface area contributed by atoms with E-state index in [0.717, 1.165) is 0 Å². The summed E-state index contributed by atoms with van der Waals surface area (Å²) < 4.78 is 17.9. The van der Waals surface area contributed by atoms with Crippen LogP contribution >= 0.6 is 0 Å². The van der Waals surface area contributed by atoms with Crippen LogP contribution in [0.5, 0.6) is 0 Å². The molecule has 0 aliphatic heterocycles. The van der Waals surface area contributed by atoms with Crippen molar-refractivity contribution < 1.29 is 28.9 Å². The van der Waals surface area contributed by atoms with Crippen molar-refractivity contribution in [3.05, 3.63) is 60.7 Å². The molecule has 0 atom stereocenters. The number of carbonyl (C=O) groups is 1. The van der Waals surface area contributed by atoms with Crippen LogP contribution in [0, 0.1) is 5.41 Å². The van der Waals surface area contributed by atoms with Crippen LogP contribution < -0.4 is 10.4 Å². The summed E-state index contributed by atoms with van der Waals surface area (Å²) in [5.41, 5.74) is -1.34. The maximum Gasteiger partial charge on any atom is 0.308 e. The first-order valence-corrected chi connectivity index (χ1v) is 15.1. The first-order chi connectivity index (χ1) is 17.4. The minimum atomic E-state index is -2.64. The van der Waals surface area contributed by atoms with Crippen LogP contribution in [0.15, 0.2) is 60.7 Å². The lowest BCUT2D eigenvalue weighted by Crippen LogP contribution is -2.66. The molecule has 0 saturated carbocycles. The molecule has 37 heavy (non-hydrogen) atoms. The summed E-state index contributed by atoms with van der Waals surface area (Å²) in [5.74, 6) is -0.329. The molecule has 0 unspecified atom stereocenters. The molecule has 2 aromatic carbocycles. The fraction of sp³-hybridized carbons (Fsp3) is 0.567. The van der Waals surface area contributed by atoms with Gasteiger partial charge in [-0.15, -0.1) is 0 Å². The fourth-order valence-electron chi connectivity index (χ4n) is 4.64. The molecule has 0 aliphatic rings. The number of aliphatic hydroxyl groups excluding tert-OH is 2. The average Bonchev–Trinajstić information content (AvgIpc) is 2.85. The van der Waals surface area contributed by atoms with E-state index in [1.807, 2.05) is 32.9 Å². The van der Waals surface area contributed by atoms with Gasteiger partial charge in [0.1, 0.15) is 5.60 Å². The predicted molar refractivity (Wildman–Crippen MR) is 151 cm³/mol. The Labute approximate surface area is 224 Å². The number of ether oxygens (including phenoxy) is 2. The fourth-order valence-corrected chi connectivity index (χ4v) is 9.25. The number of rotatable bonds is 14. The van der Waals surface area contributed by atoms with E-state index < -0.39 is 19.3 Å². The van der Waals surface area contributed by atoms with E-state index in [1.54, 1.807) is 0 Å². The normalized spacial score (nSPS) is 13.0. The minimum absolute atomic E-state index is 0.120. The highest BCUT2D eigenvalue weighted by molar-refractivity contribution is 6.99. The van der Waals surface area contributed by atoms with Gasteiger partial charge in [-0.2, -0.15) is 0 Å². The van der Waals surface area contributed by atoms with Gasteiger partial charge in [-0.1, -0.05) is 81.4 Å². The van der Waals surface area contributed by atoms with E-state index >= 15 is 0 Å². The van der Waals surface area contributed by atoms with E-state index in [0.29, 0.717) is 19.4 Å². The van der Waals surface area contributed by atoms with Gasteiger partial charge in [0, 0.05) is 12.0 Å². The quantitative estimate of drug-likeness (QED) is 0.218. The molecule has 0 aliphatic carbocycles.